The molecular weight excluding hydrogens is 489 g/mol. The number of ether oxygens (including phenoxy) is 1. The first kappa shape index (κ1) is 27.4. The van der Waals surface area contributed by atoms with E-state index in [9.17, 15) is 18.0 Å². The van der Waals surface area contributed by atoms with Gasteiger partial charge in [0.1, 0.15) is 11.3 Å². The number of nitrogens with zero attached hydrogens (tertiary/aromatic N) is 4. The number of halogens is 3. The van der Waals surface area contributed by atoms with E-state index in [0.717, 1.165) is 35.9 Å². The minimum absolute atomic E-state index is 0.0167. The standard InChI is InChI=1S/C26H29F3N4O2S/c1-5-31(4)17-18-7-11-21(12-8-18)35-14-6-13-32-24(36)33(23(34)25(32,2)3)20-10-9-19(16-30)22(15-20)26(27,28)29/h7-12,15H,5-6,13-14,17H2,1-4H3. The molecule has 0 saturated carbocycles. The summed E-state index contributed by atoms with van der Waals surface area (Å²) >= 11 is 5.51. The number of amides is 1. The Labute approximate surface area is 214 Å². The fourth-order valence-corrected chi connectivity index (χ4v) is 4.48. The molecule has 1 saturated heterocycles. The molecule has 36 heavy (non-hydrogen) atoms. The molecule has 192 valence electrons. The van der Waals surface area contributed by atoms with Crippen molar-refractivity contribution < 1.29 is 22.7 Å². The summed E-state index contributed by atoms with van der Waals surface area (Å²) in [5.74, 6) is 0.301. The van der Waals surface area contributed by atoms with Crippen molar-refractivity contribution in [2.75, 3.05) is 31.6 Å². The van der Waals surface area contributed by atoms with Crippen LogP contribution in [0.5, 0.6) is 5.75 Å². The van der Waals surface area contributed by atoms with Crippen LogP contribution in [0.25, 0.3) is 0 Å². The lowest BCUT2D eigenvalue weighted by molar-refractivity contribution is -0.137. The zero-order chi connectivity index (χ0) is 26.7. The van der Waals surface area contributed by atoms with E-state index in [1.165, 1.54) is 11.6 Å². The van der Waals surface area contributed by atoms with E-state index in [1.54, 1.807) is 24.8 Å². The van der Waals surface area contributed by atoms with E-state index in [-0.39, 0.29) is 10.8 Å². The molecule has 6 nitrogen and oxygen atoms in total. The quantitative estimate of drug-likeness (QED) is 0.336. The van der Waals surface area contributed by atoms with Crippen molar-refractivity contribution in [2.24, 2.45) is 0 Å². The maximum atomic E-state index is 13.5. The molecule has 2 aromatic rings. The molecule has 3 rings (SSSR count). The first-order chi connectivity index (χ1) is 16.9. The Kier molecular flexibility index (Phi) is 8.26. The summed E-state index contributed by atoms with van der Waals surface area (Å²) in [6, 6.07) is 12.6. The van der Waals surface area contributed by atoms with Gasteiger partial charge in [-0.15, -0.1) is 0 Å². The zero-order valence-electron chi connectivity index (χ0n) is 20.7. The van der Waals surface area contributed by atoms with E-state index in [2.05, 4.69) is 18.9 Å². The van der Waals surface area contributed by atoms with E-state index in [1.807, 2.05) is 24.3 Å². The van der Waals surface area contributed by atoms with Gasteiger partial charge in [-0.25, -0.2) is 0 Å². The SMILES string of the molecule is CCN(C)Cc1ccc(OCCCN2C(=S)N(c3ccc(C#N)c(C(F)(F)F)c3)C(=O)C2(C)C)cc1. The molecule has 10 heteroatoms. The highest BCUT2D eigenvalue weighted by Crippen LogP contribution is 2.37. The van der Waals surface area contributed by atoms with Gasteiger partial charge in [0.25, 0.3) is 5.91 Å². The molecule has 2 aromatic carbocycles. The van der Waals surface area contributed by atoms with Gasteiger partial charge in [-0.1, -0.05) is 19.1 Å². The Morgan fingerprint density at radius 2 is 1.83 bits per heavy atom. The van der Waals surface area contributed by atoms with E-state index < -0.39 is 28.7 Å². The number of anilines is 1. The van der Waals surface area contributed by atoms with E-state index in [0.29, 0.717) is 19.6 Å². The molecule has 0 aliphatic carbocycles. The molecule has 0 atom stereocenters. The summed E-state index contributed by atoms with van der Waals surface area (Å²) in [5.41, 5.74) is -1.49. The molecule has 1 fully saturated rings. The van der Waals surface area contributed by atoms with E-state index >= 15 is 0 Å². The van der Waals surface area contributed by atoms with Crippen molar-refractivity contribution in [2.45, 2.75) is 45.5 Å². The molecular formula is C26H29F3N4O2S. The summed E-state index contributed by atoms with van der Waals surface area (Å²) in [7, 11) is 2.05. The van der Waals surface area contributed by atoms with Gasteiger partial charge in [0, 0.05) is 13.1 Å². The van der Waals surface area contributed by atoms with Gasteiger partial charge < -0.3 is 14.5 Å². The first-order valence-electron chi connectivity index (χ1n) is 11.6. The fourth-order valence-electron chi connectivity index (χ4n) is 3.97. The lowest BCUT2D eigenvalue weighted by Crippen LogP contribution is -2.44. The normalized spacial score (nSPS) is 15.5. The van der Waals surface area contributed by atoms with Crippen LogP contribution in [-0.2, 0) is 17.5 Å². The highest BCUT2D eigenvalue weighted by molar-refractivity contribution is 7.80. The predicted molar refractivity (Wildman–Crippen MR) is 136 cm³/mol. The smallest absolute Gasteiger partial charge is 0.417 e. The highest BCUT2D eigenvalue weighted by Gasteiger charge is 2.49. The summed E-state index contributed by atoms with van der Waals surface area (Å²) in [6.45, 7) is 8.05. The van der Waals surface area contributed by atoms with Crippen LogP contribution in [0, 0.1) is 11.3 Å². The number of carbonyl (C=O) groups excluding carboxylic acids is 1. The minimum Gasteiger partial charge on any atom is -0.494 e. The van der Waals surface area contributed by atoms with Crippen molar-refractivity contribution in [1.29, 1.82) is 5.26 Å². The fraction of sp³-hybridized carbons (Fsp3) is 0.423. The monoisotopic (exact) mass is 518 g/mol. The van der Waals surface area contributed by atoms with Crippen LogP contribution in [0.15, 0.2) is 42.5 Å². The number of hydrogen-bond acceptors (Lipinski definition) is 5. The minimum atomic E-state index is -4.73. The molecule has 1 aliphatic rings. The Morgan fingerprint density at radius 1 is 1.17 bits per heavy atom. The number of nitriles is 1. The molecule has 0 radical (unpaired) electrons. The number of benzene rings is 2. The summed E-state index contributed by atoms with van der Waals surface area (Å²) in [6.07, 6.45) is -4.19. The molecule has 0 aromatic heterocycles. The molecule has 0 unspecified atom stereocenters. The van der Waals surface area contributed by atoms with Gasteiger partial charge in [-0.3, -0.25) is 9.69 Å². The molecule has 0 N–H and O–H groups in total. The average Bonchev–Trinajstić information content (AvgIpc) is 3.00. The lowest BCUT2D eigenvalue weighted by Gasteiger charge is -2.29. The third-order valence-corrected chi connectivity index (χ3v) is 6.62. The number of carbonyl (C=O) groups is 1. The maximum Gasteiger partial charge on any atom is 0.417 e. The summed E-state index contributed by atoms with van der Waals surface area (Å²) in [5, 5.41) is 9.17. The number of rotatable bonds is 9. The lowest BCUT2D eigenvalue weighted by atomic mass is 10.0. The van der Waals surface area contributed by atoms with Crippen LogP contribution in [0.4, 0.5) is 18.9 Å². The Morgan fingerprint density at radius 3 is 2.42 bits per heavy atom. The Hall–Kier alpha value is -3.16. The van der Waals surface area contributed by atoms with Crippen molar-refractivity contribution in [3.8, 4) is 11.8 Å². The van der Waals surface area contributed by atoms with Gasteiger partial charge in [0.2, 0.25) is 0 Å². The second-order valence-corrected chi connectivity index (χ2v) is 9.51. The van der Waals surface area contributed by atoms with Crippen molar-refractivity contribution in [1.82, 2.24) is 9.80 Å². The van der Waals surface area contributed by atoms with E-state index in [4.69, 9.17) is 22.2 Å². The Balaban J connectivity index is 1.66. The van der Waals surface area contributed by atoms with Gasteiger partial charge in [0.15, 0.2) is 5.11 Å². The first-order valence-corrected chi connectivity index (χ1v) is 12.0. The van der Waals surface area contributed by atoms with Crippen molar-refractivity contribution in [3.05, 3.63) is 59.2 Å². The number of hydrogen-bond donors (Lipinski definition) is 0. The van der Waals surface area contributed by atoms with Gasteiger partial charge in [-0.2, -0.15) is 18.4 Å². The molecule has 0 bridgehead atoms. The van der Waals surface area contributed by atoms with Crippen LogP contribution >= 0.6 is 12.2 Å². The highest BCUT2D eigenvalue weighted by atomic mass is 32.1. The molecule has 1 heterocycles. The maximum absolute atomic E-state index is 13.5. The molecule has 1 aliphatic heterocycles. The molecule has 0 spiro atoms. The van der Waals surface area contributed by atoms with Crippen molar-refractivity contribution in [3.63, 3.8) is 0 Å². The average molecular weight is 519 g/mol. The van der Waals surface area contributed by atoms with Gasteiger partial charge >= 0.3 is 6.18 Å². The van der Waals surface area contributed by atoms with Gasteiger partial charge in [0.05, 0.1) is 29.5 Å². The second kappa shape index (κ2) is 10.8. The Bertz CT molecular complexity index is 1160. The van der Waals surface area contributed by atoms with Crippen molar-refractivity contribution >= 4 is 28.9 Å². The largest absolute Gasteiger partial charge is 0.494 e. The van der Waals surface area contributed by atoms with Crippen LogP contribution < -0.4 is 9.64 Å². The van der Waals surface area contributed by atoms with Gasteiger partial charge in [-0.05, 0) is 82.0 Å². The third kappa shape index (κ3) is 5.79. The zero-order valence-corrected chi connectivity index (χ0v) is 21.5. The summed E-state index contributed by atoms with van der Waals surface area (Å²) < 4.78 is 46.2. The van der Waals surface area contributed by atoms with Crippen LogP contribution in [0.1, 0.15) is 43.9 Å². The third-order valence-electron chi connectivity index (χ3n) is 6.22. The summed E-state index contributed by atoms with van der Waals surface area (Å²) in [4.78, 5) is 18.2. The topological polar surface area (TPSA) is 59.8 Å². The predicted octanol–water partition coefficient (Wildman–Crippen LogP) is 5.21. The second-order valence-electron chi connectivity index (χ2n) is 9.15. The molecule has 1 amide bonds. The van der Waals surface area contributed by atoms with Crippen LogP contribution in [0.3, 0.4) is 0 Å². The number of thiocarbonyl (C=S) groups is 1. The van der Waals surface area contributed by atoms with Crippen LogP contribution in [0.2, 0.25) is 0 Å². The number of alkyl halides is 3. The van der Waals surface area contributed by atoms with Crippen LogP contribution in [-0.4, -0.2) is 53.1 Å².